The van der Waals surface area contributed by atoms with Crippen LogP contribution in [0.1, 0.15) is 12.0 Å². The summed E-state index contributed by atoms with van der Waals surface area (Å²) in [4.78, 5) is 15.4. The summed E-state index contributed by atoms with van der Waals surface area (Å²) in [7, 11) is 5.97. The Morgan fingerprint density at radius 3 is 2.75 bits per heavy atom. The number of likely N-dealkylation sites (N-methyl/N-ethyl adjacent to an activating group) is 1. The summed E-state index contributed by atoms with van der Waals surface area (Å²) in [6.07, 6.45) is 2.82. The number of likely N-dealkylation sites (tertiary alicyclic amines) is 1. The molecule has 0 amide bonds. The highest BCUT2D eigenvalue weighted by Crippen LogP contribution is 2.22. The van der Waals surface area contributed by atoms with Gasteiger partial charge in [-0.25, -0.2) is 9.37 Å². The summed E-state index contributed by atoms with van der Waals surface area (Å²) < 4.78 is 13.8. The number of nitrogens with zero attached hydrogens (tertiary/aromatic N) is 5. The zero-order valence-corrected chi connectivity index (χ0v) is 14.5. The fourth-order valence-electron chi connectivity index (χ4n) is 3.06. The first-order valence-electron chi connectivity index (χ1n) is 8.23. The molecule has 1 aromatic carbocycles. The standard InChI is InChI=1S/C18H24FN5/c1-22(2)17-8-10-20-18(21-17)23(3)15-9-11-24(13-15)12-14-6-4-5-7-16(14)19/h4-8,10,15H,9,11-13H2,1-3H3. The van der Waals surface area contributed by atoms with Crippen LogP contribution in [0.25, 0.3) is 0 Å². The monoisotopic (exact) mass is 329 g/mol. The Bertz CT molecular complexity index is 691. The average molecular weight is 329 g/mol. The van der Waals surface area contributed by atoms with E-state index in [4.69, 9.17) is 0 Å². The molecule has 128 valence electrons. The Labute approximate surface area is 142 Å². The molecule has 2 heterocycles. The molecular formula is C18H24FN5. The SMILES string of the molecule is CN(C)c1ccnc(N(C)C2CCN(Cc3ccccc3F)C2)n1. The zero-order valence-electron chi connectivity index (χ0n) is 14.5. The first-order chi connectivity index (χ1) is 11.5. The van der Waals surface area contributed by atoms with Crippen LogP contribution in [0.2, 0.25) is 0 Å². The van der Waals surface area contributed by atoms with Gasteiger partial charge in [-0.3, -0.25) is 4.90 Å². The van der Waals surface area contributed by atoms with Crippen molar-refractivity contribution >= 4 is 11.8 Å². The van der Waals surface area contributed by atoms with Crippen LogP contribution in [0.5, 0.6) is 0 Å². The summed E-state index contributed by atoms with van der Waals surface area (Å²) in [5, 5.41) is 0. The van der Waals surface area contributed by atoms with E-state index in [-0.39, 0.29) is 5.82 Å². The minimum absolute atomic E-state index is 0.128. The van der Waals surface area contributed by atoms with Gasteiger partial charge in [-0.2, -0.15) is 4.98 Å². The number of halogens is 1. The van der Waals surface area contributed by atoms with E-state index in [0.29, 0.717) is 12.6 Å². The molecule has 0 aliphatic carbocycles. The highest BCUT2D eigenvalue weighted by atomic mass is 19.1. The third-order valence-electron chi connectivity index (χ3n) is 4.55. The lowest BCUT2D eigenvalue weighted by molar-refractivity contribution is 0.320. The van der Waals surface area contributed by atoms with Crippen LogP contribution in [-0.2, 0) is 6.54 Å². The van der Waals surface area contributed by atoms with Gasteiger partial charge in [0.1, 0.15) is 11.6 Å². The predicted molar refractivity (Wildman–Crippen MR) is 94.8 cm³/mol. The van der Waals surface area contributed by atoms with Gasteiger partial charge in [-0.1, -0.05) is 18.2 Å². The van der Waals surface area contributed by atoms with Crippen molar-refractivity contribution in [1.82, 2.24) is 14.9 Å². The predicted octanol–water partition coefficient (Wildman–Crippen LogP) is 2.39. The van der Waals surface area contributed by atoms with Gasteiger partial charge in [-0.05, 0) is 18.6 Å². The van der Waals surface area contributed by atoms with Crippen molar-refractivity contribution in [2.24, 2.45) is 0 Å². The molecule has 5 nitrogen and oxygen atoms in total. The quantitative estimate of drug-likeness (QED) is 0.842. The maximum atomic E-state index is 13.8. The highest BCUT2D eigenvalue weighted by molar-refractivity contribution is 5.42. The molecule has 1 aliphatic rings. The van der Waals surface area contributed by atoms with Gasteiger partial charge in [0.05, 0.1) is 0 Å². The fourth-order valence-corrected chi connectivity index (χ4v) is 3.06. The summed E-state index contributed by atoms with van der Waals surface area (Å²) >= 11 is 0. The van der Waals surface area contributed by atoms with Crippen LogP contribution in [0.3, 0.4) is 0 Å². The van der Waals surface area contributed by atoms with Crippen molar-refractivity contribution in [1.29, 1.82) is 0 Å². The van der Waals surface area contributed by atoms with Crippen molar-refractivity contribution in [3.63, 3.8) is 0 Å². The number of aromatic nitrogens is 2. The molecule has 1 aliphatic heterocycles. The Morgan fingerprint density at radius 2 is 2.00 bits per heavy atom. The van der Waals surface area contributed by atoms with Crippen molar-refractivity contribution in [2.45, 2.75) is 19.0 Å². The molecule has 1 fully saturated rings. The minimum Gasteiger partial charge on any atom is -0.363 e. The maximum Gasteiger partial charge on any atom is 0.227 e. The van der Waals surface area contributed by atoms with Crippen molar-refractivity contribution < 1.29 is 4.39 Å². The first-order valence-corrected chi connectivity index (χ1v) is 8.23. The summed E-state index contributed by atoms with van der Waals surface area (Å²) in [6.45, 7) is 2.49. The second kappa shape index (κ2) is 7.13. The van der Waals surface area contributed by atoms with E-state index in [1.54, 1.807) is 12.3 Å². The second-order valence-corrected chi connectivity index (χ2v) is 6.49. The fraction of sp³-hybridized carbons (Fsp3) is 0.444. The molecule has 24 heavy (non-hydrogen) atoms. The highest BCUT2D eigenvalue weighted by Gasteiger charge is 2.27. The van der Waals surface area contributed by atoms with E-state index in [9.17, 15) is 4.39 Å². The van der Waals surface area contributed by atoms with E-state index in [1.807, 2.05) is 44.2 Å². The topological polar surface area (TPSA) is 35.5 Å². The number of hydrogen-bond acceptors (Lipinski definition) is 5. The Balaban J connectivity index is 1.65. The van der Waals surface area contributed by atoms with Crippen molar-refractivity contribution in [2.75, 3.05) is 44.0 Å². The zero-order chi connectivity index (χ0) is 17.1. The third-order valence-corrected chi connectivity index (χ3v) is 4.55. The first kappa shape index (κ1) is 16.6. The summed E-state index contributed by atoms with van der Waals surface area (Å²) in [5.41, 5.74) is 0.756. The Kier molecular flexibility index (Phi) is 4.94. The summed E-state index contributed by atoms with van der Waals surface area (Å²) in [6, 6.07) is 9.24. The van der Waals surface area contributed by atoms with Gasteiger partial charge in [-0.15, -0.1) is 0 Å². The smallest absolute Gasteiger partial charge is 0.227 e. The molecule has 0 bridgehead atoms. The van der Waals surface area contributed by atoms with Crippen LogP contribution < -0.4 is 9.80 Å². The lowest BCUT2D eigenvalue weighted by Crippen LogP contribution is -2.35. The Hall–Kier alpha value is -2.21. The van der Waals surface area contributed by atoms with E-state index in [1.165, 1.54) is 6.07 Å². The average Bonchev–Trinajstić information content (AvgIpc) is 3.05. The van der Waals surface area contributed by atoms with Crippen LogP contribution in [0.15, 0.2) is 36.5 Å². The molecule has 0 saturated carbocycles. The van der Waals surface area contributed by atoms with Gasteiger partial charge >= 0.3 is 0 Å². The lowest BCUT2D eigenvalue weighted by atomic mass is 10.2. The van der Waals surface area contributed by atoms with Crippen LogP contribution >= 0.6 is 0 Å². The molecule has 2 aromatic rings. The largest absolute Gasteiger partial charge is 0.363 e. The van der Waals surface area contributed by atoms with Crippen molar-refractivity contribution in [3.8, 4) is 0 Å². The number of benzene rings is 1. The van der Waals surface area contributed by atoms with Gasteiger partial charge in [0.25, 0.3) is 0 Å². The van der Waals surface area contributed by atoms with E-state index >= 15 is 0 Å². The molecule has 6 heteroatoms. The molecule has 0 N–H and O–H groups in total. The van der Waals surface area contributed by atoms with Crippen LogP contribution in [0, 0.1) is 5.82 Å². The second-order valence-electron chi connectivity index (χ2n) is 6.49. The molecule has 1 atom stereocenters. The number of rotatable bonds is 5. The van der Waals surface area contributed by atoms with Gasteiger partial charge < -0.3 is 9.80 Å². The van der Waals surface area contributed by atoms with Crippen LogP contribution in [-0.4, -0.2) is 55.1 Å². The van der Waals surface area contributed by atoms with Crippen molar-refractivity contribution in [3.05, 3.63) is 47.9 Å². The lowest BCUT2D eigenvalue weighted by Gasteiger charge is -2.25. The molecule has 0 spiro atoms. The van der Waals surface area contributed by atoms with E-state index < -0.39 is 0 Å². The van der Waals surface area contributed by atoms with E-state index in [2.05, 4.69) is 19.8 Å². The Morgan fingerprint density at radius 1 is 1.21 bits per heavy atom. The van der Waals surface area contributed by atoms with E-state index in [0.717, 1.165) is 36.8 Å². The van der Waals surface area contributed by atoms with Gasteiger partial charge in [0.2, 0.25) is 5.95 Å². The third kappa shape index (κ3) is 3.64. The number of anilines is 2. The molecule has 0 radical (unpaired) electrons. The molecule has 1 aromatic heterocycles. The normalized spacial score (nSPS) is 17.9. The molecule has 1 saturated heterocycles. The van der Waals surface area contributed by atoms with Gasteiger partial charge in [0, 0.05) is 58.6 Å². The van der Waals surface area contributed by atoms with Crippen LogP contribution in [0.4, 0.5) is 16.2 Å². The number of hydrogen-bond donors (Lipinski definition) is 0. The molecular weight excluding hydrogens is 305 g/mol. The molecule has 1 unspecified atom stereocenters. The maximum absolute atomic E-state index is 13.8. The molecule has 3 rings (SSSR count). The van der Waals surface area contributed by atoms with Gasteiger partial charge in [0.15, 0.2) is 0 Å². The minimum atomic E-state index is -0.128. The summed E-state index contributed by atoms with van der Waals surface area (Å²) in [5.74, 6) is 1.50.